The molecule has 2 amide bonds. The van der Waals surface area contributed by atoms with Gasteiger partial charge in [0.05, 0.1) is 20.1 Å². The molecule has 6 heteroatoms. The van der Waals surface area contributed by atoms with Crippen molar-refractivity contribution in [2.75, 3.05) is 40.4 Å². The van der Waals surface area contributed by atoms with Gasteiger partial charge in [0.2, 0.25) is 11.8 Å². The van der Waals surface area contributed by atoms with Gasteiger partial charge in [-0.2, -0.15) is 0 Å². The molecule has 0 N–H and O–H groups in total. The number of methoxy groups -OCH3 is 2. The monoisotopic (exact) mass is 360 g/mol. The van der Waals surface area contributed by atoms with Crippen molar-refractivity contribution < 1.29 is 19.1 Å². The van der Waals surface area contributed by atoms with E-state index in [1.165, 1.54) is 0 Å². The third kappa shape index (κ3) is 3.50. The van der Waals surface area contributed by atoms with Crippen LogP contribution in [-0.4, -0.2) is 62.0 Å². The van der Waals surface area contributed by atoms with E-state index in [-0.39, 0.29) is 23.7 Å². The molecule has 0 aliphatic carbocycles. The normalized spacial score (nSPS) is 22.6. The van der Waals surface area contributed by atoms with Crippen molar-refractivity contribution in [2.45, 2.75) is 32.1 Å². The number of nitrogens with zero attached hydrogens (tertiary/aromatic N) is 2. The van der Waals surface area contributed by atoms with Crippen LogP contribution < -0.4 is 9.47 Å². The van der Waals surface area contributed by atoms with Crippen LogP contribution >= 0.6 is 0 Å². The molecule has 2 unspecified atom stereocenters. The highest BCUT2D eigenvalue weighted by molar-refractivity contribution is 5.83. The molecule has 2 aliphatic rings. The van der Waals surface area contributed by atoms with Gasteiger partial charge in [0.15, 0.2) is 0 Å². The molecule has 2 saturated heterocycles. The number of likely N-dealkylation sites (tertiary alicyclic amines) is 2. The molecular weight excluding hydrogens is 332 g/mol. The predicted octanol–water partition coefficient (Wildman–Crippen LogP) is 2.28. The lowest BCUT2D eigenvalue weighted by atomic mass is 9.87. The summed E-state index contributed by atoms with van der Waals surface area (Å²) in [5, 5.41) is 0. The summed E-state index contributed by atoms with van der Waals surface area (Å²) in [5.41, 5.74) is 0.941. The molecule has 1 aromatic rings. The molecule has 142 valence electrons. The Hall–Kier alpha value is -2.24. The lowest BCUT2D eigenvalue weighted by Gasteiger charge is -2.25. The standard InChI is InChI=1S/C20H28N2O4/c1-4-19(23)22-12-16(15-11-14(25-2)7-8-18(15)26-3)17(13-22)20(24)21-9-5-6-10-21/h7-8,11,16-17H,4-6,9-10,12-13H2,1-3H3. The van der Waals surface area contributed by atoms with Gasteiger partial charge in [0.1, 0.15) is 11.5 Å². The number of amides is 2. The molecule has 26 heavy (non-hydrogen) atoms. The van der Waals surface area contributed by atoms with Gasteiger partial charge in [0, 0.05) is 44.1 Å². The Balaban J connectivity index is 1.95. The molecule has 0 bridgehead atoms. The zero-order valence-corrected chi connectivity index (χ0v) is 15.9. The van der Waals surface area contributed by atoms with Crippen LogP contribution in [0.15, 0.2) is 18.2 Å². The minimum atomic E-state index is -0.232. The van der Waals surface area contributed by atoms with E-state index in [1.807, 2.05) is 34.9 Å². The van der Waals surface area contributed by atoms with E-state index in [2.05, 4.69) is 0 Å². The van der Waals surface area contributed by atoms with Crippen LogP contribution in [0.3, 0.4) is 0 Å². The van der Waals surface area contributed by atoms with Gasteiger partial charge in [-0.05, 0) is 31.0 Å². The zero-order chi connectivity index (χ0) is 18.7. The molecule has 0 spiro atoms. The number of hydrogen-bond acceptors (Lipinski definition) is 4. The molecule has 2 heterocycles. The van der Waals surface area contributed by atoms with Crippen LogP contribution in [0, 0.1) is 5.92 Å². The topological polar surface area (TPSA) is 59.1 Å². The van der Waals surface area contributed by atoms with Crippen LogP contribution in [0.25, 0.3) is 0 Å². The second-order valence-electron chi connectivity index (χ2n) is 7.01. The molecule has 2 fully saturated rings. The van der Waals surface area contributed by atoms with Crippen LogP contribution in [0.1, 0.15) is 37.7 Å². The van der Waals surface area contributed by atoms with Crippen molar-refractivity contribution in [2.24, 2.45) is 5.92 Å². The highest BCUT2D eigenvalue weighted by Gasteiger charge is 2.43. The summed E-state index contributed by atoms with van der Waals surface area (Å²) in [4.78, 5) is 29.2. The van der Waals surface area contributed by atoms with E-state index >= 15 is 0 Å². The molecule has 0 saturated carbocycles. The number of hydrogen-bond donors (Lipinski definition) is 0. The summed E-state index contributed by atoms with van der Waals surface area (Å²) < 4.78 is 10.9. The molecule has 0 radical (unpaired) electrons. The second-order valence-corrected chi connectivity index (χ2v) is 7.01. The van der Waals surface area contributed by atoms with Crippen molar-refractivity contribution >= 4 is 11.8 Å². The van der Waals surface area contributed by atoms with Gasteiger partial charge in [-0.15, -0.1) is 0 Å². The maximum Gasteiger partial charge on any atom is 0.228 e. The summed E-state index contributed by atoms with van der Waals surface area (Å²) in [5.74, 6) is 1.40. The lowest BCUT2D eigenvalue weighted by Crippen LogP contribution is -2.37. The highest BCUT2D eigenvalue weighted by atomic mass is 16.5. The molecule has 3 rings (SSSR count). The summed E-state index contributed by atoms with van der Waals surface area (Å²) >= 11 is 0. The van der Waals surface area contributed by atoms with E-state index in [0.29, 0.717) is 19.5 Å². The molecule has 1 aromatic carbocycles. The zero-order valence-electron chi connectivity index (χ0n) is 15.9. The lowest BCUT2D eigenvalue weighted by molar-refractivity contribution is -0.135. The van der Waals surface area contributed by atoms with E-state index in [1.54, 1.807) is 14.2 Å². The quantitative estimate of drug-likeness (QED) is 0.808. The largest absolute Gasteiger partial charge is 0.497 e. The summed E-state index contributed by atoms with van der Waals surface area (Å²) in [6, 6.07) is 5.66. The average molecular weight is 360 g/mol. The van der Waals surface area contributed by atoms with Crippen molar-refractivity contribution in [1.82, 2.24) is 9.80 Å². The predicted molar refractivity (Wildman–Crippen MR) is 98.5 cm³/mol. The van der Waals surface area contributed by atoms with Gasteiger partial charge in [-0.3, -0.25) is 9.59 Å². The van der Waals surface area contributed by atoms with Gasteiger partial charge in [0.25, 0.3) is 0 Å². The van der Waals surface area contributed by atoms with Gasteiger partial charge in [-0.25, -0.2) is 0 Å². The van der Waals surface area contributed by atoms with Gasteiger partial charge < -0.3 is 19.3 Å². The first-order valence-electron chi connectivity index (χ1n) is 9.37. The Bertz CT molecular complexity index is 670. The maximum absolute atomic E-state index is 13.2. The Morgan fingerprint density at radius 3 is 2.42 bits per heavy atom. The molecule has 6 nitrogen and oxygen atoms in total. The fourth-order valence-corrected chi connectivity index (χ4v) is 4.10. The number of ether oxygens (including phenoxy) is 2. The van der Waals surface area contributed by atoms with Crippen LogP contribution in [-0.2, 0) is 9.59 Å². The van der Waals surface area contributed by atoms with Crippen molar-refractivity contribution in [3.63, 3.8) is 0 Å². The SMILES string of the molecule is CCC(=O)N1CC(C(=O)N2CCCC2)C(c2cc(OC)ccc2OC)C1. The molecule has 0 aromatic heterocycles. The summed E-state index contributed by atoms with van der Waals surface area (Å²) in [6.45, 7) is 4.52. The van der Waals surface area contributed by atoms with Crippen molar-refractivity contribution in [3.05, 3.63) is 23.8 Å². The van der Waals surface area contributed by atoms with E-state index in [4.69, 9.17) is 9.47 Å². The van der Waals surface area contributed by atoms with Crippen LogP contribution in [0.4, 0.5) is 0 Å². The molecular formula is C20H28N2O4. The highest BCUT2D eigenvalue weighted by Crippen LogP contribution is 2.40. The summed E-state index contributed by atoms with van der Waals surface area (Å²) in [7, 11) is 3.26. The van der Waals surface area contributed by atoms with Gasteiger partial charge in [-0.1, -0.05) is 6.92 Å². The first-order chi connectivity index (χ1) is 12.6. The van der Waals surface area contributed by atoms with Crippen LogP contribution in [0.2, 0.25) is 0 Å². The average Bonchev–Trinajstić information content (AvgIpc) is 3.36. The van der Waals surface area contributed by atoms with Crippen molar-refractivity contribution in [3.8, 4) is 11.5 Å². The number of rotatable bonds is 5. The van der Waals surface area contributed by atoms with E-state index < -0.39 is 0 Å². The summed E-state index contributed by atoms with van der Waals surface area (Å²) in [6.07, 6.45) is 2.57. The fourth-order valence-electron chi connectivity index (χ4n) is 4.10. The number of carbonyl (C=O) groups excluding carboxylic acids is 2. The third-order valence-electron chi connectivity index (χ3n) is 5.55. The molecule has 2 atom stereocenters. The van der Waals surface area contributed by atoms with Gasteiger partial charge >= 0.3 is 0 Å². The molecule has 2 aliphatic heterocycles. The number of benzene rings is 1. The Kier molecular flexibility index (Phi) is 5.69. The van der Waals surface area contributed by atoms with E-state index in [0.717, 1.165) is 43.0 Å². The van der Waals surface area contributed by atoms with E-state index in [9.17, 15) is 9.59 Å². The third-order valence-corrected chi connectivity index (χ3v) is 5.55. The Labute approximate surface area is 155 Å². The first-order valence-corrected chi connectivity index (χ1v) is 9.37. The second kappa shape index (κ2) is 7.98. The number of carbonyl (C=O) groups is 2. The maximum atomic E-state index is 13.2. The Morgan fingerprint density at radius 1 is 1.08 bits per heavy atom. The Morgan fingerprint density at radius 2 is 1.81 bits per heavy atom. The van der Waals surface area contributed by atoms with Crippen molar-refractivity contribution in [1.29, 1.82) is 0 Å². The minimum Gasteiger partial charge on any atom is -0.497 e. The first kappa shape index (κ1) is 18.5. The fraction of sp³-hybridized carbons (Fsp3) is 0.600. The smallest absolute Gasteiger partial charge is 0.228 e. The minimum absolute atomic E-state index is 0.0800. The van der Waals surface area contributed by atoms with Crippen LogP contribution in [0.5, 0.6) is 11.5 Å².